The molecule has 0 aliphatic carbocycles. The third-order valence-corrected chi connectivity index (χ3v) is 4.13. The summed E-state index contributed by atoms with van der Waals surface area (Å²) in [6, 6.07) is 8.85. The second-order valence-corrected chi connectivity index (χ2v) is 5.28. The molecule has 0 aliphatic rings. The average Bonchev–Trinajstić information content (AvgIpc) is 2.76. The highest BCUT2D eigenvalue weighted by molar-refractivity contribution is 7.10. The van der Waals surface area contributed by atoms with E-state index in [-0.39, 0.29) is 6.04 Å². The summed E-state index contributed by atoms with van der Waals surface area (Å²) in [6.07, 6.45) is 1.84. The molecule has 17 heavy (non-hydrogen) atoms. The Morgan fingerprint density at radius 3 is 2.59 bits per heavy atom. The number of nitrogens with one attached hydrogen (secondary N) is 1. The van der Waals surface area contributed by atoms with E-state index in [4.69, 9.17) is 0 Å². The predicted molar refractivity (Wildman–Crippen MR) is 73.3 cm³/mol. The number of pyridine rings is 1. The van der Waals surface area contributed by atoms with Gasteiger partial charge in [0.15, 0.2) is 0 Å². The predicted octanol–water partition coefficient (Wildman–Crippen LogP) is 3.86. The quantitative estimate of drug-likeness (QED) is 0.886. The molecule has 0 aliphatic heterocycles. The van der Waals surface area contributed by atoms with E-state index in [1.54, 1.807) is 0 Å². The first-order valence-electron chi connectivity index (χ1n) is 5.89. The minimum atomic E-state index is 0.271. The first-order chi connectivity index (χ1) is 8.18. The molecule has 0 aromatic carbocycles. The van der Waals surface area contributed by atoms with Crippen molar-refractivity contribution >= 4 is 11.3 Å². The molecule has 0 amide bonds. The van der Waals surface area contributed by atoms with E-state index < -0.39 is 0 Å². The summed E-state index contributed by atoms with van der Waals surface area (Å²) in [5.74, 6) is 0. The summed E-state index contributed by atoms with van der Waals surface area (Å²) < 4.78 is 0. The minimum absolute atomic E-state index is 0.271. The largest absolute Gasteiger partial charge is 0.301 e. The molecular weight excluding hydrogens is 228 g/mol. The molecule has 2 rings (SSSR count). The second-order valence-electron chi connectivity index (χ2n) is 4.33. The van der Waals surface area contributed by atoms with Crippen LogP contribution in [0, 0.1) is 6.92 Å². The van der Waals surface area contributed by atoms with E-state index in [0.717, 1.165) is 5.69 Å². The average molecular weight is 246 g/mol. The molecule has 0 spiro atoms. The van der Waals surface area contributed by atoms with Crippen molar-refractivity contribution in [2.24, 2.45) is 0 Å². The van der Waals surface area contributed by atoms with Crippen LogP contribution in [0.3, 0.4) is 0 Å². The van der Waals surface area contributed by atoms with Gasteiger partial charge in [-0.1, -0.05) is 6.07 Å². The molecule has 0 radical (unpaired) electrons. The van der Waals surface area contributed by atoms with E-state index in [1.165, 1.54) is 10.4 Å². The lowest BCUT2D eigenvalue weighted by atomic mass is 10.1. The fourth-order valence-corrected chi connectivity index (χ4v) is 2.94. The topological polar surface area (TPSA) is 24.9 Å². The third-order valence-electron chi connectivity index (χ3n) is 2.93. The Hall–Kier alpha value is -1.19. The number of thiophene rings is 1. The van der Waals surface area contributed by atoms with Gasteiger partial charge >= 0.3 is 0 Å². The fraction of sp³-hybridized carbons (Fsp3) is 0.357. The normalized spacial score (nSPS) is 14.5. The maximum Gasteiger partial charge on any atom is 0.0570 e. The number of nitrogens with zero attached hydrogens (tertiary/aromatic N) is 1. The number of hydrogen-bond donors (Lipinski definition) is 1. The monoisotopic (exact) mass is 246 g/mol. The van der Waals surface area contributed by atoms with Gasteiger partial charge in [0.25, 0.3) is 0 Å². The van der Waals surface area contributed by atoms with Crippen molar-refractivity contribution in [2.45, 2.75) is 32.9 Å². The number of rotatable bonds is 4. The van der Waals surface area contributed by atoms with Crippen molar-refractivity contribution in [3.05, 3.63) is 52.0 Å². The van der Waals surface area contributed by atoms with Crippen molar-refractivity contribution < 1.29 is 0 Å². The van der Waals surface area contributed by atoms with Crippen molar-refractivity contribution in [1.29, 1.82) is 0 Å². The first-order valence-corrected chi connectivity index (χ1v) is 6.77. The van der Waals surface area contributed by atoms with Gasteiger partial charge < -0.3 is 5.32 Å². The van der Waals surface area contributed by atoms with E-state index in [2.05, 4.69) is 48.6 Å². The molecule has 0 saturated heterocycles. The van der Waals surface area contributed by atoms with Crippen molar-refractivity contribution in [2.75, 3.05) is 0 Å². The number of aryl methyl sites for hydroxylation is 1. The molecule has 3 heteroatoms. The van der Waals surface area contributed by atoms with Crippen LogP contribution in [0.4, 0.5) is 0 Å². The zero-order valence-corrected chi connectivity index (χ0v) is 11.3. The van der Waals surface area contributed by atoms with Crippen molar-refractivity contribution in [3.8, 4) is 0 Å². The molecule has 0 saturated carbocycles. The highest BCUT2D eigenvalue weighted by Gasteiger charge is 2.14. The van der Waals surface area contributed by atoms with Gasteiger partial charge in [-0.2, -0.15) is 0 Å². The smallest absolute Gasteiger partial charge is 0.0570 e. The van der Waals surface area contributed by atoms with Crippen LogP contribution in [0.15, 0.2) is 35.8 Å². The Kier molecular flexibility index (Phi) is 3.92. The molecule has 1 N–H and O–H groups in total. The molecule has 0 bridgehead atoms. The minimum Gasteiger partial charge on any atom is -0.301 e. The van der Waals surface area contributed by atoms with Crippen LogP contribution in [0.1, 0.15) is 42.1 Å². The van der Waals surface area contributed by atoms with Crippen LogP contribution in [0.5, 0.6) is 0 Å². The lowest BCUT2D eigenvalue weighted by Gasteiger charge is -2.19. The maximum absolute atomic E-state index is 4.38. The molecule has 2 aromatic rings. The summed E-state index contributed by atoms with van der Waals surface area (Å²) in [5, 5.41) is 5.73. The van der Waals surface area contributed by atoms with Gasteiger partial charge in [-0.15, -0.1) is 11.3 Å². The Morgan fingerprint density at radius 2 is 2.00 bits per heavy atom. The SMILES string of the molecule is Cc1ccsc1C(C)N[C@H](C)c1ccccn1. The summed E-state index contributed by atoms with van der Waals surface area (Å²) in [4.78, 5) is 5.79. The molecule has 2 nitrogen and oxygen atoms in total. The van der Waals surface area contributed by atoms with Gasteiger partial charge in [-0.25, -0.2) is 0 Å². The van der Waals surface area contributed by atoms with Crippen LogP contribution in [-0.2, 0) is 0 Å². The lowest BCUT2D eigenvalue weighted by Crippen LogP contribution is -2.22. The molecule has 2 heterocycles. The Bertz CT molecular complexity index is 464. The van der Waals surface area contributed by atoms with E-state index in [0.29, 0.717) is 6.04 Å². The Morgan fingerprint density at radius 1 is 1.18 bits per heavy atom. The van der Waals surface area contributed by atoms with E-state index >= 15 is 0 Å². The summed E-state index contributed by atoms with van der Waals surface area (Å²) >= 11 is 1.81. The first kappa shape index (κ1) is 12.3. The second kappa shape index (κ2) is 5.43. The third kappa shape index (κ3) is 2.93. The van der Waals surface area contributed by atoms with Crippen LogP contribution < -0.4 is 5.32 Å². The van der Waals surface area contributed by atoms with Crippen LogP contribution in [0.2, 0.25) is 0 Å². The summed E-state index contributed by atoms with van der Waals surface area (Å²) in [6.45, 7) is 6.52. The zero-order chi connectivity index (χ0) is 12.3. The zero-order valence-electron chi connectivity index (χ0n) is 10.5. The Labute approximate surface area is 107 Å². The molecule has 2 atom stereocenters. The number of hydrogen-bond acceptors (Lipinski definition) is 3. The lowest BCUT2D eigenvalue weighted by molar-refractivity contribution is 0.490. The van der Waals surface area contributed by atoms with Crippen LogP contribution in [0.25, 0.3) is 0 Å². The van der Waals surface area contributed by atoms with Gasteiger partial charge in [0.2, 0.25) is 0 Å². The van der Waals surface area contributed by atoms with Gasteiger partial charge in [0, 0.05) is 23.2 Å². The molecule has 2 aromatic heterocycles. The van der Waals surface area contributed by atoms with Crippen molar-refractivity contribution in [1.82, 2.24) is 10.3 Å². The Balaban J connectivity index is 2.05. The molecule has 0 fully saturated rings. The van der Waals surface area contributed by atoms with E-state index in [9.17, 15) is 0 Å². The maximum atomic E-state index is 4.38. The standard InChI is InChI=1S/C14H18N2S/c1-10-7-9-17-14(10)12(3)16-11(2)13-6-4-5-8-15-13/h4-9,11-12,16H,1-3H3/t11-,12?/m1/s1. The highest BCUT2D eigenvalue weighted by atomic mass is 32.1. The van der Waals surface area contributed by atoms with Gasteiger partial charge in [0.1, 0.15) is 0 Å². The van der Waals surface area contributed by atoms with Gasteiger partial charge in [-0.3, -0.25) is 4.98 Å². The molecule has 1 unspecified atom stereocenters. The van der Waals surface area contributed by atoms with Gasteiger partial charge in [0.05, 0.1) is 5.69 Å². The summed E-state index contributed by atoms with van der Waals surface area (Å²) in [7, 11) is 0. The molecular formula is C14H18N2S. The van der Waals surface area contributed by atoms with Crippen molar-refractivity contribution in [3.63, 3.8) is 0 Å². The van der Waals surface area contributed by atoms with Crippen LogP contribution in [-0.4, -0.2) is 4.98 Å². The molecule has 90 valence electrons. The highest BCUT2D eigenvalue weighted by Crippen LogP contribution is 2.25. The van der Waals surface area contributed by atoms with E-state index in [1.807, 2.05) is 29.7 Å². The summed E-state index contributed by atoms with van der Waals surface area (Å²) in [5.41, 5.74) is 2.46. The number of aromatic nitrogens is 1. The van der Waals surface area contributed by atoms with Gasteiger partial charge in [-0.05, 0) is 49.9 Å². The van der Waals surface area contributed by atoms with Crippen LogP contribution >= 0.6 is 11.3 Å². The fourth-order valence-electron chi connectivity index (χ4n) is 2.00.